The summed E-state index contributed by atoms with van der Waals surface area (Å²) in [6.45, 7) is 6.00. The van der Waals surface area contributed by atoms with Gasteiger partial charge in [-0.15, -0.1) is 0 Å². The molecule has 2 aliphatic heterocycles. The van der Waals surface area contributed by atoms with Crippen LogP contribution >= 0.6 is 0 Å². The normalized spacial score (nSPS) is 18.4. The molecule has 1 N–H and O–H groups in total. The van der Waals surface area contributed by atoms with Crippen molar-refractivity contribution in [3.05, 3.63) is 53.6 Å². The van der Waals surface area contributed by atoms with Crippen LogP contribution in [0.1, 0.15) is 24.1 Å². The molecule has 1 aromatic carbocycles. The van der Waals surface area contributed by atoms with Crippen LogP contribution in [0.5, 0.6) is 0 Å². The van der Waals surface area contributed by atoms with E-state index in [0.29, 0.717) is 30.3 Å². The van der Waals surface area contributed by atoms with E-state index in [4.69, 9.17) is 4.74 Å². The van der Waals surface area contributed by atoms with Gasteiger partial charge in [0.05, 0.1) is 36.9 Å². The molecule has 0 spiro atoms. The van der Waals surface area contributed by atoms with E-state index < -0.39 is 0 Å². The van der Waals surface area contributed by atoms with Crippen molar-refractivity contribution in [2.75, 3.05) is 42.6 Å². The van der Waals surface area contributed by atoms with Crippen LogP contribution in [0.3, 0.4) is 0 Å². The lowest BCUT2D eigenvalue weighted by Crippen LogP contribution is -2.53. The maximum atomic E-state index is 14.3. The summed E-state index contributed by atoms with van der Waals surface area (Å²) in [6, 6.07) is 9.38. The minimum atomic E-state index is -0.318. The van der Waals surface area contributed by atoms with Crippen molar-refractivity contribution in [1.82, 2.24) is 4.98 Å². The maximum Gasteiger partial charge on any atom is 0.151 e. The van der Waals surface area contributed by atoms with Crippen LogP contribution in [0.2, 0.25) is 0 Å². The van der Waals surface area contributed by atoms with Crippen LogP contribution in [0.15, 0.2) is 36.5 Å². The van der Waals surface area contributed by atoms with Gasteiger partial charge < -0.3 is 19.6 Å². The summed E-state index contributed by atoms with van der Waals surface area (Å²) in [6.07, 6.45) is 4.37. The summed E-state index contributed by atoms with van der Waals surface area (Å²) < 4.78 is 20.4. The monoisotopic (exact) mass is 385 g/mol. The maximum absolute atomic E-state index is 14.3. The lowest BCUT2D eigenvalue weighted by Gasteiger charge is -2.42. The molecule has 0 saturated carbocycles. The minimum Gasteiger partial charge on any atom is -0.392 e. The molecule has 28 heavy (non-hydrogen) atoms. The van der Waals surface area contributed by atoms with Crippen molar-refractivity contribution < 1.29 is 14.2 Å². The number of benzene rings is 1. The van der Waals surface area contributed by atoms with Crippen LogP contribution in [0, 0.1) is 18.7 Å². The number of anilines is 2. The minimum absolute atomic E-state index is 0.163. The molecule has 0 unspecified atom stereocenters. The number of aliphatic hydroxyl groups excluding tert-OH is 1. The average Bonchev–Trinajstić information content (AvgIpc) is 2.69. The van der Waals surface area contributed by atoms with Crippen molar-refractivity contribution in [3.63, 3.8) is 0 Å². The summed E-state index contributed by atoms with van der Waals surface area (Å²) in [5.74, 6) is 0.263. The van der Waals surface area contributed by atoms with Crippen molar-refractivity contribution in [2.45, 2.75) is 32.5 Å². The highest BCUT2D eigenvalue weighted by Crippen LogP contribution is 2.29. The van der Waals surface area contributed by atoms with E-state index in [0.717, 1.165) is 38.2 Å². The number of aromatic nitrogens is 1. The third kappa shape index (κ3) is 4.13. The van der Waals surface area contributed by atoms with Gasteiger partial charge in [-0.25, -0.2) is 4.39 Å². The Morgan fingerprint density at radius 2 is 1.93 bits per heavy atom. The zero-order chi connectivity index (χ0) is 19.5. The first-order chi connectivity index (χ1) is 13.6. The average molecular weight is 385 g/mol. The fourth-order valence-corrected chi connectivity index (χ4v) is 3.95. The zero-order valence-corrected chi connectivity index (χ0v) is 16.4. The molecule has 2 fully saturated rings. The number of nitrogens with zero attached hydrogens (tertiary/aromatic N) is 3. The first kappa shape index (κ1) is 19.2. The van der Waals surface area contributed by atoms with Crippen LogP contribution in [-0.2, 0) is 11.3 Å². The van der Waals surface area contributed by atoms with Crippen molar-refractivity contribution in [1.29, 1.82) is 0 Å². The molecule has 0 bridgehead atoms. The van der Waals surface area contributed by atoms with Gasteiger partial charge in [-0.3, -0.25) is 4.98 Å². The first-order valence-corrected chi connectivity index (χ1v) is 10.1. The molecular weight excluding hydrogens is 357 g/mol. The van der Waals surface area contributed by atoms with Crippen LogP contribution in [-0.4, -0.2) is 49.0 Å². The van der Waals surface area contributed by atoms with Gasteiger partial charge in [0.15, 0.2) is 5.82 Å². The van der Waals surface area contributed by atoms with Gasteiger partial charge >= 0.3 is 0 Å². The lowest BCUT2D eigenvalue weighted by atomic mass is 9.97. The fraction of sp³-hybridized carbons (Fsp3) is 0.500. The Morgan fingerprint density at radius 3 is 2.61 bits per heavy atom. The second-order valence-electron chi connectivity index (χ2n) is 7.86. The Balaban J connectivity index is 1.20. The number of aliphatic hydroxyl groups is 1. The summed E-state index contributed by atoms with van der Waals surface area (Å²) in [4.78, 5) is 8.76. The number of halogens is 1. The van der Waals surface area contributed by atoms with E-state index in [-0.39, 0.29) is 18.5 Å². The highest BCUT2D eigenvalue weighted by atomic mass is 19.1. The third-order valence-electron chi connectivity index (χ3n) is 5.86. The molecule has 0 radical (unpaired) electrons. The molecular formula is C22H28FN3O2. The van der Waals surface area contributed by atoms with E-state index >= 15 is 0 Å². The Hall–Kier alpha value is -2.18. The Kier molecular flexibility index (Phi) is 5.78. The van der Waals surface area contributed by atoms with E-state index in [1.165, 1.54) is 5.69 Å². The SMILES string of the molecule is Cc1ccc(N2CCC(COC3CN(c4cccc(CO)c4F)C3)CC2)cn1. The van der Waals surface area contributed by atoms with Gasteiger partial charge in [-0.2, -0.15) is 0 Å². The molecule has 3 heterocycles. The summed E-state index contributed by atoms with van der Waals surface area (Å²) in [5, 5.41) is 9.21. The van der Waals surface area contributed by atoms with Gasteiger partial charge in [0.1, 0.15) is 0 Å². The van der Waals surface area contributed by atoms with Gasteiger partial charge in [0.25, 0.3) is 0 Å². The molecule has 2 aliphatic rings. The molecule has 150 valence electrons. The third-order valence-corrected chi connectivity index (χ3v) is 5.86. The highest BCUT2D eigenvalue weighted by molar-refractivity contribution is 5.52. The smallest absolute Gasteiger partial charge is 0.151 e. The van der Waals surface area contributed by atoms with Crippen molar-refractivity contribution >= 4 is 11.4 Å². The molecule has 1 aromatic heterocycles. The topological polar surface area (TPSA) is 48.8 Å². The number of hydrogen-bond donors (Lipinski definition) is 1. The number of rotatable bonds is 6. The number of hydrogen-bond acceptors (Lipinski definition) is 5. The zero-order valence-electron chi connectivity index (χ0n) is 16.4. The van der Waals surface area contributed by atoms with Crippen molar-refractivity contribution in [3.8, 4) is 0 Å². The van der Waals surface area contributed by atoms with Gasteiger partial charge in [-0.1, -0.05) is 12.1 Å². The van der Waals surface area contributed by atoms with Crippen LogP contribution in [0.4, 0.5) is 15.8 Å². The van der Waals surface area contributed by atoms with Crippen molar-refractivity contribution in [2.24, 2.45) is 5.92 Å². The van der Waals surface area contributed by atoms with E-state index in [1.54, 1.807) is 18.2 Å². The Bertz CT molecular complexity index is 785. The fourth-order valence-electron chi connectivity index (χ4n) is 3.95. The van der Waals surface area contributed by atoms with Crippen LogP contribution < -0.4 is 9.80 Å². The van der Waals surface area contributed by atoms with E-state index in [9.17, 15) is 9.50 Å². The molecule has 6 heteroatoms. The number of pyridine rings is 1. The summed E-state index contributed by atoms with van der Waals surface area (Å²) in [7, 11) is 0. The van der Waals surface area contributed by atoms with Gasteiger partial charge in [0.2, 0.25) is 0 Å². The summed E-state index contributed by atoms with van der Waals surface area (Å²) >= 11 is 0. The first-order valence-electron chi connectivity index (χ1n) is 10.1. The summed E-state index contributed by atoms with van der Waals surface area (Å²) in [5.41, 5.74) is 3.15. The molecule has 0 amide bonds. The highest BCUT2D eigenvalue weighted by Gasteiger charge is 2.31. The second-order valence-corrected chi connectivity index (χ2v) is 7.86. The lowest BCUT2D eigenvalue weighted by molar-refractivity contribution is 0.00807. The predicted molar refractivity (Wildman–Crippen MR) is 108 cm³/mol. The number of aryl methyl sites for hydroxylation is 1. The number of ether oxygens (including phenoxy) is 1. The second kappa shape index (κ2) is 8.45. The molecule has 2 aromatic rings. The molecule has 4 rings (SSSR count). The molecule has 0 aliphatic carbocycles. The standard InChI is InChI=1S/C22H28FN3O2/c1-16-5-6-19(11-24-16)25-9-7-17(8-10-25)15-28-20-12-26(13-20)21-4-2-3-18(14-27)22(21)23/h2-6,11,17,20,27H,7-10,12-15H2,1H3. The molecule has 5 nitrogen and oxygen atoms in total. The predicted octanol–water partition coefficient (Wildman–Crippen LogP) is 3.14. The van der Waals surface area contributed by atoms with E-state index in [2.05, 4.69) is 22.0 Å². The molecule has 0 atom stereocenters. The van der Waals surface area contributed by atoms with Gasteiger partial charge in [0, 0.05) is 37.4 Å². The van der Waals surface area contributed by atoms with Gasteiger partial charge in [-0.05, 0) is 43.9 Å². The quantitative estimate of drug-likeness (QED) is 0.828. The largest absolute Gasteiger partial charge is 0.392 e. The molecule has 2 saturated heterocycles. The Morgan fingerprint density at radius 1 is 1.14 bits per heavy atom. The van der Waals surface area contributed by atoms with Crippen LogP contribution in [0.25, 0.3) is 0 Å². The Labute approximate surface area is 165 Å². The number of piperidine rings is 1. The van der Waals surface area contributed by atoms with E-state index in [1.807, 2.05) is 18.0 Å².